The number of nitrogens with zero attached hydrogens (tertiary/aromatic N) is 1. The van der Waals surface area contributed by atoms with E-state index in [0.717, 1.165) is 11.3 Å². The SMILES string of the molecule is CNc1c(C(C)C)c(C)nc2c(F)cc(C)c(F)c12. The van der Waals surface area contributed by atoms with Gasteiger partial charge in [-0.25, -0.2) is 13.8 Å². The van der Waals surface area contributed by atoms with Crippen LogP contribution in [0.2, 0.25) is 0 Å². The van der Waals surface area contributed by atoms with Crippen LogP contribution in [0.15, 0.2) is 6.07 Å². The highest BCUT2D eigenvalue weighted by atomic mass is 19.1. The van der Waals surface area contributed by atoms with Crippen molar-refractivity contribution < 1.29 is 8.78 Å². The first kappa shape index (κ1) is 13.7. The Kier molecular flexibility index (Phi) is 3.43. The predicted octanol–water partition coefficient (Wildman–Crippen LogP) is 4.29. The van der Waals surface area contributed by atoms with Crippen molar-refractivity contribution in [2.45, 2.75) is 33.6 Å². The largest absolute Gasteiger partial charge is 0.387 e. The number of aryl methyl sites for hydroxylation is 2. The van der Waals surface area contributed by atoms with Gasteiger partial charge < -0.3 is 5.32 Å². The third-order valence-corrected chi connectivity index (χ3v) is 3.39. The monoisotopic (exact) mass is 264 g/mol. The van der Waals surface area contributed by atoms with Crippen molar-refractivity contribution in [3.8, 4) is 0 Å². The fraction of sp³-hybridized carbons (Fsp3) is 0.400. The lowest BCUT2D eigenvalue weighted by atomic mass is 9.95. The first-order chi connectivity index (χ1) is 8.88. The van der Waals surface area contributed by atoms with Gasteiger partial charge in [0.15, 0.2) is 0 Å². The lowest BCUT2D eigenvalue weighted by Gasteiger charge is -2.19. The van der Waals surface area contributed by atoms with E-state index in [9.17, 15) is 8.78 Å². The molecular weight excluding hydrogens is 246 g/mol. The highest BCUT2D eigenvalue weighted by Gasteiger charge is 2.20. The molecular formula is C15H18F2N2. The van der Waals surface area contributed by atoms with Gasteiger partial charge in [0, 0.05) is 12.7 Å². The Morgan fingerprint density at radius 3 is 2.37 bits per heavy atom. The van der Waals surface area contributed by atoms with Crippen LogP contribution >= 0.6 is 0 Å². The van der Waals surface area contributed by atoms with E-state index in [4.69, 9.17) is 0 Å². The summed E-state index contributed by atoms with van der Waals surface area (Å²) in [5, 5.41) is 3.25. The summed E-state index contributed by atoms with van der Waals surface area (Å²) in [7, 11) is 1.72. The number of hydrogen-bond acceptors (Lipinski definition) is 2. The first-order valence-electron chi connectivity index (χ1n) is 6.35. The number of pyridine rings is 1. The number of aromatic nitrogens is 1. The number of rotatable bonds is 2. The van der Waals surface area contributed by atoms with Crippen molar-refractivity contribution in [1.29, 1.82) is 0 Å². The van der Waals surface area contributed by atoms with Crippen LogP contribution in [-0.4, -0.2) is 12.0 Å². The molecule has 1 aromatic carbocycles. The number of nitrogens with one attached hydrogen (secondary N) is 1. The highest BCUT2D eigenvalue weighted by molar-refractivity contribution is 5.95. The summed E-state index contributed by atoms with van der Waals surface area (Å²) in [6.45, 7) is 7.42. The smallest absolute Gasteiger partial charge is 0.149 e. The molecule has 0 atom stereocenters. The Morgan fingerprint density at radius 2 is 1.84 bits per heavy atom. The van der Waals surface area contributed by atoms with Gasteiger partial charge >= 0.3 is 0 Å². The van der Waals surface area contributed by atoms with Crippen LogP contribution in [-0.2, 0) is 0 Å². The first-order valence-corrected chi connectivity index (χ1v) is 6.35. The average molecular weight is 264 g/mol. The number of halogens is 2. The van der Waals surface area contributed by atoms with E-state index in [2.05, 4.69) is 10.3 Å². The van der Waals surface area contributed by atoms with Crippen LogP contribution in [0.1, 0.15) is 36.6 Å². The third-order valence-electron chi connectivity index (χ3n) is 3.39. The molecule has 0 aliphatic rings. The molecule has 4 heteroatoms. The molecule has 1 heterocycles. The number of hydrogen-bond donors (Lipinski definition) is 1. The molecule has 2 aromatic rings. The highest BCUT2D eigenvalue weighted by Crippen LogP contribution is 2.36. The fourth-order valence-electron chi connectivity index (χ4n) is 2.59. The molecule has 0 fully saturated rings. The van der Waals surface area contributed by atoms with Gasteiger partial charge in [0.05, 0.1) is 11.1 Å². The van der Waals surface area contributed by atoms with Gasteiger partial charge in [-0.15, -0.1) is 0 Å². The van der Waals surface area contributed by atoms with Crippen molar-refractivity contribution in [3.63, 3.8) is 0 Å². The van der Waals surface area contributed by atoms with Gasteiger partial charge in [-0.1, -0.05) is 13.8 Å². The van der Waals surface area contributed by atoms with Crippen LogP contribution in [0.5, 0.6) is 0 Å². The topological polar surface area (TPSA) is 24.9 Å². The van der Waals surface area contributed by atoms with Gasteiger partial charge in [0.25, 0.3) is 0 Å². The summed E-state index contributed by atoms with van der Waals surface area (Å²) in [6, 6.07) is 1.19. The number of anilines is 1. The molecule has 0 aliphatic heterocycles. The molecule has 0 spiro atoms. The van der Waals surface area contributed by atoms with Crippen molar-refractivity contribution in [2.24, 2.45) is 0 Å². The molecule has 0 saturated heterocycles. The van der Waals surface area contributed by atoms with Gasteiger partial charge in [0.2, 0.25) is 0 Å². The van der Waals surface area contributed by atoms with Gasteiger partial charge in [-0.3, -0.25) is 0 Å². The van der Waals surface area contributed by atoms with E-state index in [1.54, 1.807) is 14.0 Å². The van der Waals surface area contributed by atoms with Crippen LogP contribution in [0.3, 0.4) is 0 Å². The Morgan fingerprint density at radius 1 is 1.21 bits per heavy atom. The minimum absolute atomic E-state index is 0.0920. The normalized spacial score (nSPS) is 11.4. The van der Waals surface area contributed by atoms with Gasteiger partial charge in [-0.05, 0) is 37.0 Å². The summed E-state index contributed by atoms with van der Waals surface area (Å²) < 4.78 is 28.4. The van der Waals surface area contributed by atoms with E-state index in [1.807, 2.05) is 20.8 Å². The van der Waals surface area contributed by atoms with E-state index in [-0.39, 0.29) is 16.8 Å². The standard InChI is InChI=1S/C15H18F2N2/c1-7(2)11-9(4)19-14-10(16)6-8(3)13(17)12(14)15(11)18-5/h6-7H,1-5H3,(H,18,19). The minimum atomic E-state index is -0.483. The summed E-state index contributed by atoms with van der Waals surface area (Å²) in [5.41, 5.74) is 2.68. The molecule has 2 rings (SSSR count). The quantitative estimate of drug-likeness (QED) is 0.875. The second-order valence-corrected chi connectivity index (χ2v) is 5.10. The molecule has 1 N–H and O–H groups in total. The number of benzene rings is 1. The Bertz CT molecular complexity index is 649. The van der Waals surface area contributed by atoms with Crippen LogP contribution < -0.4 is 5.32 Å². The summed E-state index contributed by atoms with van der Waals surface area (Å²) >= 11 is 0. The van der Waals surface area contributed by atoms with E-state index < -0.39 is 11.6 Å². The Balaban J connectivity index is 3.04. The number of fused-ring (bicyclic) bond motifs is 1. The van der Waals surface area contributed by atoms with Crippen molar-refractivity contribution in [3.05, 3.63) is 34.5 Å². The summed E-state index contributed by atoms with van der Waals surface area (Å²) in [5.74, 6) is -0.707. The van der Waals surface area contributed by atoms with E-state index in [0.29, 0.717) is 11.3 Å². The van der Waals surface area contributed by atoms with E-state index >= 15 is 0 Å². The van der Waals surface area contributed by atoms with Gasteiger partial charge in [0.1, 0.15) is 17.2 Å². The summed E-state index contributed by atoms with van der Waals surface area (Å²) in [4.78, 5) is 4.25. The Labute approximate surface area is 111 Å². The maximum Gasteiger partial charge on any atom is 0.149 e. The second kappa shape index (κ2) is 4.76. The van der Waals surface area contributed by atoms with Crippen LogP contribution in [0, 0.1) is 25.5 Å². The summed E-state index contributed by atoms with van der Waals surface area (Å²) in [6.07, 6.45) is 0. The molecule has 1 aromatic heterocycles. The molecule has 2 nitrogen and oxygen atoms in total. The Hall–Kier alpha value is -1.71. The average Bonchev–Trinajstić information content (AvgIpc) is 2.34. The lowest BCUT2D eigenvalue weighted by molar-refractivity contribution is 0.607. The van der Waals surface area contributed by atoms with Crippen LogP contribution in [0.4, 0.5) is 14.5 Å². The van der Waals surface area contributed by atoms with Crippen molar-refractivity contribution >= 4 is 16.6 Å². The van der Waals surface area contributed by atoms with Crippen molar-refractivity contribution in [1.82, 2.24) is 4.98 Å². The molecule has 19 heavy (non-hydrogen) atoms. The zero-order valence-electron chi connectivity index (χ0n) is 11.9. The molecule has 0 bridgehead atoms. The second-order valence-electron chi connectivity index (χ2n) is 5.10. The zero-order valence-corrected chi connectivity index (χ0v) is 11.9. The maximum absolute atomic E-state index is 14.4. The molecule has 0 amide bonds. The zero-order chi connectivity index (χ0) is 14.3. The predicted molar refractivity (Wildman–Crippen MR) is 74.8 cm³/mol. The van der Waals surface area contributed by atoms with Crippen LogP contribution in [0.25, 0.3) is 10.9 Å². The van der Waals surface area contributed by atoms with E-state index in [1.165, 1.54) is 6.07 Å². The third kappa shape index (κ3) is 2.05. The van der Waals surface area contributed by atoms with Crippen molar-refractivity contribution in [2.75, 3.05) is 12.4 Å². The minimum Gasteiger partial charge on any atom is -0.387 e. The lowest BCUT2D eigenvalue weighted by Crippen LogP contribution is -2.06. The molecule has 0 aliphatic carbocycles. The maximum atomic E-state index is 14.4. The fourth-order valence-corrected chi connectivity index (χ4v) is 2.59. The van der Waals surface area contributed by atoms with Gasteiger partial charge in [-0.2, -0.15) is 0 Å². The molecule has 0 saturated carbocycles. The molecule has 0 radical (unpaired) electrons. The molecule has 0 unspecified atom stereocenters. The molecule has 102 valence electrons.